The minimum atomic E-state index is -2.82. The van der Waals surface area contributed by atoms with Gasteiger partial charge in [-0.05, 0) is 6.42 Å². The molecule has 1 rings (SSSR count). The smallest absolute Gasteiger partial charge is 0.223 e. The monoisotopic (exact) mass is 234 g/mol. The molecule has 0 aromatic carbocycles. The number of nitrogens with zero attached hydrogens (tertiary/aromatic N) is 1. The molecule has 0 spiro atoms. The Kier molecular flexibility index (Phi) is 4.10. The van der Waals surface area contributed by atoms with Gasteiger partial charge >= 0.3 is 0 Å². The third-order valence-electron chi connectivity index (χ3n) is 2.50. The summed E-state index contributed by atoms with van der Waals surface area (Å²) in [4.78, 5) is 12.7. The van der Waals surface area contributed by atoms with Crippen LogP contribution in [0.3, 0.4) is 0 Å². The summed E-state index contributed by atoms with van der Waals surface area (Å²) < 4.78 is 22.3. The van der Waals surface area contributed by atoms with Crippen molar-refractivity contribution >= 4 is 15.7 Å². The predicted octanol–water partition coefficient (Wildman–Crippen LogP) is -0.759. The molecule has 0 radical (unpaired) electrons. The molecule has 0 saturated carbocycles. The number of hydrogen-bond donors (Lipinski definition) is 1. The van der Waals surface area contributed by atoms with Crippen molar-refractivity contribution in [3.8, 4) is 0 Å². The molecule has 88 valence electrons. The summed E-state index contributed by atoms with van der Waals surface area (Å²) in [7, 11) is 0.601. The molecule has 0 aliphatic carbocycles. The molecule has 0 bridgehead atoms. The van der Waals surface area contributed by atoms with Gasteiger partial charge in [-0.2, -0.15) is 0 Å². The molecule has 1 atom stereocenters. The van der Waals surface area contributed by atoms with Crippen LogP contribution in [0.15, 0.2) is 0 Å². The first-order valence-corrected chi connectivity index (χ1v) is 6.87. The Morgan fingerprint density at radius 2 is 2.13 bits per heavy atom. The summed E-state index contributed by atoms with van der Waals surface area (Å²) >= 11 is 0. The Morgan fingerprint density at radius 1 is 1.47 bits per heavy atom. The van der Waals surface area contributed by atoms with Crippen molar-refractivity contribution in [2.75, 3.05) is 32.1 Å². The first-order chi connectivity index (χ1) is 6.91. The zero-order valence-electron chi connectivity index (χ0n) is 9.19. The van der Waals surface area contributed by atoms with Crippen molar-refractivity contribution in [2.24, 2.45) is 0 Å². The van der Waals surface area contributed by atoms with E-state index >= 15 is 0 Å². The predicted molar refractivity (Wildman–Crippen MR) is 58.4 cm³/mol. The molecule has 1 saturated heterocycles. The van der Waals surface area contributed by atoms with Gasteiger partial charge in [-0.25, -0.2) is 8.42 Å². The van der Waals surface area contributed by atoms with Crippen molar-refractivity contribution in [3.63, 3.8) is 0 Å². The quantitative estimate of drug-likeness (QED) is 0.694. The first kappa shape index (κ1) is 12.4. The van der Waals surface area contributed by atoms with Crippen LogP contribution < -0.4 is 5.32 Å². The minimum Gasteiger partial charge on any atom is -0.349 e. The van der Waals surface area contributed by atoms with E-state index in [1.54, 1.807) is 14.1 Å². The highest BCUT2D eigenvalue weighted by Gasteiger charge is 2.27. The van der Waals surface area contributed by atoms with E-state index < -0.39 is 9.84 Å². The molecular weight excluding hydrogens is 216 g/mol. The van der Waals surface area contributed by atoms with Crippen molar-refractivity contribution in [3.05, 3.63) is 0 Å². The topological polar surface area (TPSA) is 66.5 Å². The Bertz CT molecular complexity index is 324. The molecule has 0 aromatic heterocycles. The summed E-state index contributed by atoms with van der Waals surface area (Å²) in [6, 6.07) is 0.0324. The second-order valence-electron chi connectivity index (χ2n) is 4.09. The van der Waals surface area contributed by atoms with E-state index in [2.05, 4.69) is 5.32 Å². The Labute approximate surface area is 90.7 Å². The fourth-order valence-corrected chi connectivity index (χ4v) is 3.27. The van der Waals surface area contributed by atoms with Crippen molar-refractivity contribution in [1.82, 2.24) is 10.2 Å². The number of hydrogen-bond acceptors (Lipinski definition) is 4. The highest BCUT2D eigenvalue weighted by atomic mass is 32.2. The van der Waals surface area contributed by atoms with E-state index in [0.717, 1.165) is 0 Å². The Balaban J connectivity index is 2.20. The summed E-state index contributed by atoms with van der Waals surface area (Å²) in [6.45, 7) is 0.553. The van der Waals surface area contributed by atoms with Crippen LogP contribution in [0.1, 0.15) is 12.8 Å². The van der Waals surface area contributed by atoms with Crippen LogP contribution in [-0.2, 0) is 14.6 Å². The van der Waals surface area contributed by atoms with Gasteiger partial charge in [0, 0.05) is 33.1 Å². The standard InChI is InChI=1S/C9H18N2O3S/c1-11(2)9(12)3-5-10-8-4-6-15(13,14)7-8/h8,10H,3-7H2,1-2H3. The molecule has 1 aliphatic heterocycles. The van der Waals surface area contributed by atoms with Gasteiger partial charge in [-0.15, -0.1) is 0 Å². The second kappa shape index (κ2) is 4.94. The fraction of sp³-hybridized carbons (Fsp3) is 0.889. The molecule has 5 nitrogen and oxygen atoms in total. The Hall–Kier alpha value is -0.620. The summed E-state index contributed by atoms with van der Waals surface area (Å²) in [5.41, 5.74) is 0. The van der Waals surface area contributed by atoms with E-state index in [4.69, 9.17) is 0 Å². The largest absolute Gasteiger partial charge is 0.349 e. The molecule has 0 aromatic rings. The van der Waals surface area contributed by atoms with E-state index in [0.29, 0.717) is 19.4 Å². The molecule has 15 heavy (non-hydrogen) atoms. The average Bonchev–Trinajstić information content (AvgIpc) is 2.45. The number of nitrogens with one attached hydrogen (secondary N) is 1. The SMILES string of the molecule is CN(C)C(=O)CCNC1CCS(=O)(=O)C1. The number of carbonyl (C=O) groups excluding carboxylic acids is 1. The van der Waals surface area contributed by atoms with Gasteiger partial charge in [-0.3, -0.25) is 4.79 Å². The number of carbonyl (C=O) groups is 1. The van der Waals surface area contributed by atoms with Gasteiger partial charge in [0.05, 0.1) is 11.5 Å². The lowest BCUT2D eigenvalue weighted by Gasteiger charge is -2.13. The molecule has 1 amide bonds. The molecule has 1 fully saturated rings. The Morgan fingerprint density at radius 3 is 2.60 bits per heavy atom. The van der Waals surface area contributed by atoms with Crippen LogP contribution in [0.4, 0.5) is 0 Å². The molecular formula is C9H18N2O3S. The summed E-state index contributed by atoms with van der Waals surface area (Å²) in [6.07, 6.45) is 1.09. The lowest BCUT2D eigenvalue weighted by Crippen LogP contribution is -2.33. The fourth-order valence-electron chi connectivity index (χ4n) is 1.56. The van der Waals surface area contributed by atoms with Crippen LogP contribution in [0.25, 0.3) is 0 Å². The average molecular weight is 234 g/mol. The number of rotatable bonds is 4. The van der Waals surface area contributed by atoms with Crippen LogP contribution in [-0.4, -0.2) is 57.4 Å². The van der Waals surface area contributed by atoms with Gasteiger partial charge in [0.25, 0.3) is 0 Å². The lowest BCUT2D eigenvalue weighted by molar-refractivity contribution is -0.128. The maximum Gasteiger partial charge on any atom is 0.223 e. The zero-order chi connectivity index (χ0) is 11.5. The van der Waals surface area contributed by atoms with Crippen LogP contribution >= 0.6 is 0 Å². The van der Waals surface area contributed by atoms with Crippen molar-refractivity contribution < 1.29 is 13.2 Å². The van der Waals surface area contributed by atoms with Crippen molar-refractivity contribution in [1.29, 1.82) is 0 Å². The van der Waals surface area contributed by atoms with E-state index in [-0.39, 0.29) is 23.5 Å². The van der Waals surface area contributed by atoms with Crippen molar-refractivity contribution in [2.45, 2.75) is 18.9 Å². The van der Waals surface area contributed by atoms with Gasteiger partial charge in [0.15, 0.2) is 9.84 Å². The maximum atomic E-state index is 11.2. The number of amides is 1. The van der Waals surface area contributed by atoms with Gasteiger partial charge in [-0.1, -0.05) is 0 Å². The third-order valence-corrected chi connectivity index (χ3v) is 4.27. The molecule has 1 N–H and O–H groups in total. The molecule has 1 aliphatic rings. The number of sulfone groups is 1. The normalized spacial score (nSPS) is 24.0. The first-order valence-electron chi connectivity index (χ1n) is 5.05. The highest BCUT2D eigenvalue weighted by molar-refractivity contribution is 7.91. The highest BCUT2D eigenvalue weighted by Crippen LogP contribution is 2.10. The van der Waals surface area contributed by atoms with Crippen LogP contribution in [0.5, 0.6) is 0 Å². The van der Waals surface area contributed by atoms with Gasteiger partial charge in [0.2, 0.25) is 5.91 Å². The van der Waals surface area contributed by atoms with Crippen LogP contribution in [0.2, 0.25) is 0 Å². The van der Waals surface area contributed by atoms with Gasteiger partial charge < -0.3 is 10.2 Å². The molecule has 1 unspecified atom stereocenters. The second-order valence-corrected chi connectivity index (χ2v) is 6.32. The third kappa shape index (κ3) is 4.17. The zero-order valence-corrected chi connectivity index (χ0v) is 10.0. The van der Waals surface area contributed by atoms with E-state index in [1.165, 1.54) is 4.90 Å². The van der Waals surface area contributed by atoms with E-state index in [9.17, 15) is 13.2 Å². The maximum absolute atomic E-state index is 11.2. The minimum absolute atomic E-state index is 0.0324. The summed E-state index contributed by atoms with van der Waals surface area (Å²) in [5, 5.41) is 3.10. The lowest BCUT2D eigenvalue weighted by atomic mass is 10.2. The molecule has 6 heteroatoms. The van der Waals surface area contributed by atoms with E-state index in [1.807, 2.05) is 0 Å². The molecule has 1 heterocycles. The summed E-state index contributed by atoms with van der Waals surface area (Å²) in [5.74, 6) is 0.540. The van der Waals surface area contributed by atoms with Gasteiger partial charge in [0.1, 0.15) is 0 Å². The van der Waals surface area contributed by atoms with Crippen LogP contribution in [0, 0.1) is 0 Å².